The van der Waals surface area contributed by atoms with Crippen molar-refractivity contribution in [3.63, 3.8) is 0 Å². The monoisotopic (exact) mass is 510 g/mol. The predicted octanol–water partition coefficient (Wildman–Crippen LogP) is 6.36. The molecule has 0 aromatic heterocycles. The summed E-state index contributed by atoms with van der Waals surface area (Å²) >= 11 is 6.30. The molecule has 1 fully saturated rings. The van der Waals surface area contributed by atoms with Gasteiger partial charge < -0.3 is 4.74 Å². The van der Waals surface area contributed by atoms with E-state index in [4.69, 9.17) is 16.3 Å². The fourth-order valence-corrected chi connectivity index (χ4v) is 4.49. The molecule has 0 radical (unpaired) electrons. The van der Waals surface area contributed by atoms with E-state index in [-0.39, 0.29) is 12.2 Å². The minimum atomic E-state index is -0.783. The highest BCUT2D eigenvalue weighted by Crippen LogP contribution is 2.33. The van der Waals surface area contributed by atoms with E-state index in [1.54, 1.807) is 25.1 Å². The van der Waals surface area contributed by atoms with Gasteiger partial charge in [0.05, 0.1) is 5.69 Å². The molecule has 4 aromatic rings. The van der Waals surface area contributed by atoms with Crippen molar-refractivity contribution >= 4 is 52.0 Å². The van der Waals surface area contributed by atoms with Gasteiger partial charge in [0.25, 0.3) is 11.8 Å². The number of halogens is 1. The molecule has 6 nitrogen and oxygen atoms in total. The van der Waals surface area contributed by atoms with Crippen molar-refractivity contribution in [1.29, 1.82) is 0 Å². The molecule has 5 rings (SSSR count). The number of aryl methyl sites for hydroxylation is 2. The van der Waals surface area contributed by atoms with E-state index in [0.29, 0.717) is 22.0 Å². The van der Waals surface area contributed by atoms with Gasteiger partial charge in [-0.2, -0.15) is 0 Å². The van der Waals surface area contributed by atoms with Crippen LogP contribution in [-0.4, -0.2) is 17.8 Å². The normalized spacial score (nSPS) is 14.8. The van der Waals surface area contributed by atoms with Gasteiger partial charge in [-0.05, 0) is 60.0 Å². The second kappa shape index (κ2) is 9.91. The summed E-state index contributed by atoms with van der Waals surface area (Å²) in [5, 5.41) is 4.59. The molecule has 0 aliphatic carbocycles. The average Bonchev–Trinajstić information content (AvgIpc) is 2.88. The third-order valence-electron chi connectivity index (χ3n) is 6.27. The fraction of sp³-hybridized carbons (Fsp3) is 0.100. The van der Waals surface area contributed by atoms with Crippen molar-refractivity contribution in [2.24, 2.45) is 0 Å². The molecule has 0 atom stereocenters. The highest BCUT2D eigenvalue weighted by atomic mass is 35.5. The number of hydrogen-bond acceptors (Lipinski definition) is 4. The smallest absolute Gasteiger partial charge is 0.335 e. The van der Waals surface area contributed by atoms with Crippen molar-refractivity contribution < 1.29 is 19.1 Å². The van der Waals surface area contributed by atoms with Gasteiger partial charge in [0.1, 0.15) is 17.9 Å². The second-order valence-corrected chi connectivity index (χ2v) is 9.23. The Morgan fingerprint density at radius 2 is 1.68 bits per heavy atom. The summed E-state index contributed by atoms with van der Waals surface area (Å²) in [7, 11) is 0. The predicted molar refractivity (Wildman–Crippen MR) is 145 cm³/mol. The molecule has 1 aliphatic heterocycles. The third kappa shape index (κ3) is 4.71. The molecule has 0 bridgehead atoms. The Kier molecular flexibility index (Phi) is 6.51. The van der Waals surface area contributed by atoms with E-state index in [9.17, 15) is 14.4 Å². The van der Waals surface area contributed by atoms with Crippen LogP contribution in [0.15, 0.2) is 84.4 Å². The van der Waals surface area contributed by atoms with E-state index >= 15 is 0 Å². The number of hydrogen-bond donors (Lipinski definition) is 1. The molecule has 0 unspecified atom stereocenters. The van der Waals surface area contributed by atoms with Crippen molar-refractivity contribution in [3.8, 4) is 5.75 Å². The minimum Gasteiger partial charge on any atom is -0.488 e. The highest BCUT2D eigenvalue weighted by molar-refractivity contribution is 6.39. The van der Waals surface area contributed by atoms with Crippen LogP contribution in [0, 0.1) is 13.8 Å². The van der Waals surface area contributed by atoms with E-state index in [0.717, 1.165) is 32.4 Å². The number of fused-ring (bicyclic) bond motifs is 1. The SMILES string of the molecule is Cc1ccc(C)c(N2C(=O)NC(=O)/C(=C\c3c(OCc4ccccc4Cl)ccc4ccccc34)C2=O)c1. The summed E-state index contributed by atoms with van der Waals surface area (Å²) in [5.74, 6) is -0.990. The summed E-state index contributed by atoms with van der Waals surface area (Å²) in [6.45, 7) is 3.87. The summed E-state index contributed by atoms with van der Waals surface area (Å²) in [5.41, 5.74) is 3.23. The third-order valence-corrected chi connectivity index (χ3v) is 6.64. The van der Waals surface area contributed by atoms with Crippen LogP contribution in [0.5, 0.6) is 5.75 Å². The molecular formula is C30H23ClN2O4. The first-order chi connectivity index (χ1) is 17.8. The molecule has 1 N–H and O–H groups in total. The quantitative estimate of drug-likeness (QED) is 0.250. The van der Waals surface area contributed by atoms with Gasteiger partial charge in [-0.15, -0.1) is 0 Å². The molecule has 1 heterocycles. The van der Waals surface area contributed by atoms with Crippen LogP contribution in [0.3, 0.4) is 0 Å². The minimum absolute atomic E-state index is 0.167. The van der Waals surface area contributed by atoms with Gasteiger partial charge in [-0.3, -0.25) is 14.9 Å². The number of barbiturate groups is 1. The van der Waals surface area contributed by atoms with Gasteiger partial charge in [0.15, 0.2) is 0 Å². The number of imide groups is 2. The van der Waals surface area contributed by atoms with Crippen molar-refractivity contribution in [1.82, 2.24) is 5.32 Å². The average molecular weight is 511 g/mol. The number of ether oxygens (including phenoxy) is 1. The molecule has 4 amide bonds. The molecule has 0 spiro atoms. The zero-order valence-electron chi connectivity index (χ0n) is 20.2. The number of rotatable bonds is 5. The lowest BCUT2D eigenvalue weighted by atomic mass is 9.99. The Labute approximate surface area is 219 Å². The molecule has 37 heavy (non-hydrogen) atoms. The second-order valence-electron chi connectivity index (χ2n) is 8.83. The van der Waals surface area contributed by atoms with Crippen LogP contribution < -0.4 is 15.0 Å². The number of nitrogens with zero attached hydrogens (tertiary/aromatic N) is 1. The largest absolute Gasteiger partial charge is 0.488 e. The molecule has 184 valence electrons. The van der Waals surface area contributed by atoms with Crippen molar-refractivity contribution in [2.45, 2.75) is 20.5 Å². The number of benzene rings is 4. The Morgan fingerprint density at radius 3 is 2.49 bits per heavy atom. The van der Waals surface area contributed by atoms with Gasteiger partial charge in [0, 0.05) is 16.1 Å². The molecule has 1 aliphatic rings. The maximum Gasteiger partial charge on any atom is 0.335 e. The van der Waals surface area contributed by atoms with Crippen LogP contribution >= 0.6 is 11.6 Å². The maximum atomic E-state index is 13.6. The van der Waals surface area contributed by atoms with Crippen LogP contribution in [-0.2, 0) is 16.2 Å². The lowest BCUT2D eigenvalue weighted by molar-refractivity contribution is -0.122. The summed E-state index contributed by atoms with van der Waals surface area (Å²) in [6, 6.07) is 23.4. The summed E-state index contributed by atoms with van der Waals surface area (Å²) in [4.78, 5) is 40.3. The summed E-state index contributed by atoms with van der Waals surface area (Å²) < 4.78 is 6.14. The van der Waals surface area contributed by atoms with E-state index in [2.05, 4.69) is 5.32 Å². The van der Waals surface area contributed by atoms with Crippen molar-refractivity contribution in [3.05, 3.63) is 112 Å². The first-order valence-electron chi connectivity index (χ1n) is 11.7. The zero-order valence-corrected chi connectivity index (χ0v) is 21.0. The Bertz CT molecular complexity index is 1610. The first-order valence-corrected chi connectivity index (χ1v) is 12.1. The molecule has 1 saturated heterocycles. The van der Waals surface area contributed by atoms with Gasteiger partial charge >= 0.3 is 6.03 Å². The number of carbonyl (C=O) groups is 3. The molecular weight excluding hydrogens is 488 g/mol. The molecule has 0 saturated carbocycles. The van der Waals surface area contributed by atoms with Gasteiger partial charge in [0.2, 0.25) is 0 Å². The van der Waals surface area contributed by atoms with Crippen LogP contribution in [0.2, 0.25) is 5.02 Å². The van der Waals surface area contributed by atoms with Crippen LogP contribution in [0.25, 0.3) is 16.8 Å². The first kappa shape index (κ1) is 24.3. The van der Waals surface area contributed by atoms with Crippen LogP contribution in [0.4, 0.5) is 10.5 Å². The Morgan fingerprint density at radius 1 is 0.919 bits per heavy atom. The van der Waals surface area contributed by atoms with Crippen molar-refractivity contribution in [2.75, 3.05) is 4.90 Å². The van der Waals surface area contributed by atoms with Crippen LogP contribution in [0.1, 0.15) is 22.3 Å². The number of urea groups is 1. The number of carbonyl (C=O) groups excluding carboxylic acids is 3. The number of anilines is 1. The maximum absolute atomic E-state index is 13.6. The number of nitrogens with one attached hydrogen (secondary N) is 1. The lowest BCUT2D eigenvalue weighted by Gasteiger charge is -2.28. The molecule has 7 heteroatoms. The zero-order chi connectivity index (χ0) is 26.1. The standard InChI is InChI=1S/C30H23ClN2O4/c1-18-11-12-19(2)26(15-18)33-29(35)24(28(34)32-30(33)36)16-23-22-9-5-3-7-20(22)13-14-27(23)37-17-21-8-4-6-10-25(21)31/h3-16H,17H2,1-2H3,(H,32,34,36)/b24-16+. The van der Waals surface area contributed by atoms with E-state index < -0.39 is 17.8 Å². The lowest BCUT2D eigenvalue weighted by Crippen LogP contribution is -2.54. The fourth-order valence-electron chi connectivity index (χ4n) is 4.30. The van der Waals surface area contributed by atoms with Gasteiger partial charge in [-0.25, -0.2) is 9.69 Å². The number of amides is 4. The summed E-state index contributed by atoms with van der Waals surface area (Å²) in [6.07, 6.45) is 1.49. The van der Waals surface area contributed by atoms with E-state index in [1.165, 1.54) is 6.08 Å². The molecule has 4 aromatic carbocycles. The Balaban J connectivity index is 1.61. The highest BCUT2D eigenvalue weighted by Gasteiger charge is 2.37. The Hall–Kier alpha value is -4.42. The van der Waals surface area contributed by atoms with Gasteiger partial charge in [-0.1, -0.05) is 72.3 Å². The van der Waals surface area contributed by atoms with E-state index in [1.807, 2.05) is 67.6 Å². The topological polar surface area (TPSA) is 75.7 Å².